The first-order valence-corrected chi connectivity index (χ1v) is 5.70. The van der Waals surface area contributed by atoms with Gasteiger partial charge in [0.05, 0.1) is 0 Å². The molecule has 4 aromatic rings. The molecule has 0 saturated heterocycles. The van der Waals surface area contributed by atoms with Crippen LogP contribution in [-0.4, -0.2) is 5.11 Å². The molecule has 1 heteroatoms. The lowest BCUT2D eigenvalue weighted by Gasteiger charge is -2.11. The summed E-state index contributed by atoms with van der Waals surface area (Å²) in [7, 11) is 0. The third kappa shape index (κ3) is 1.03. The molecule has 0 aliphatic rings. The van der Waals surface area contributed by atoms with E-state index in [1.807, 2.05) is 12.1 Å². The van der Waals surface area contributed by atoms with Gasteiger partial charge in [-0.15, -0.1) is 0 Å². The molecule has 4 aromatic carbocycles. The highest BCUT2D eigenvalue weighted by Gasteiger charge is 2.09. The first kappa shape index (κ1) is 8.82. The number of benzene rings is 4. The number of hydrogen-bond acceptors (Lipinski definition) is 1. The zero-order chi connectivity index (χ0) is 11.4. The van der Waals surface area contributed by atoms with E-state index < -0.39 is 0 Å². The van der Waals surface area contributed by atoms with E-state index in [0.717, 1.165) is 5.39 Å². The minimum atomic E-state index is 0.357. The van der Waals surface area contributed by atoms with Gasteiger partial charge in [0, 0.05) is 10.8 Å². The van der Waals surface area contributed by atoms with Crippen molar-refractivity contribution in [3.63, 3.8) is 0 Å². The van der Waals surface area contributed by atoms with Crippen molar-refractivity contribution in [2.45, 2.75) is 0 Å². The van der Waals surface area contributed by atoms with Gasteiger partial charge in [0.15, 0.2) is 0 Å². The quantitative estimate of drug-likeness (QED) is 0.442. The average molecular weight is 224 g/mol. The van der Waals surface area contributed by atoms with Crippen LogP contribution in [0.5, 0.6) is 5.75 Å². The van der Waals surface area contributed by atoms with Gasteiger partial charge in [-0.3, -0.25) is 0 Å². The molecule has 0 aliphatic heterocycles. The van der Waals surface area contributed by atoms with E-state index in [1.54, 1.807) is 6.07 Å². The third-order valence-corrected chi connectivity index (χ3v) is 3.51. The maximum absolute atomic E-state index is 9.95. The average Bonchev–Trinajstić information content (AvgIpc) is 2.38. The zero-order valence-electron chi connectivity index (χ0n) is 9.14. The van der Waals surface area contributed by atoms with E-state index >= 15 is 0 Å². The summed E-state index contributed by atoms with van der Waals surface area (Å²) >= 11 is 0. The Morgan fingerprint density at radius 3 is 1.94 bits per heavy atom. The van der Waals surface area contributed by atoms with Crippen molar-refractivity contribution in [2.75, 3.05) is 0 Å². The third-order valence-electron chi connectivity index (χ3n) is 3.51. The van der Waals surface area contributed by atoms with Crippen molar-refractivity contribution < 1.29 is 5.11 Å². The summed E-state index contributed by atoms with van der Waals surface area (Å²) in [6.07, 6.45) is 0. The molecule has 0 heterocycles. The highest BCUT2D eigenvalue weighted by molar-refractivity contribution is 6.23. The Labute approximate surface area is 98.2 Å². The molecular weight excluding hydrogens is 214 g/mol. The van der Waals surface area contributed by atoms with Crippen LogP contribution in [0.25, 0.3) is 32.3 Å². The van der Waals surface area contributed by atoms with E-state index in [0.29, 0.717) is 5.75 Å². The van der Waals surface area contributed by atoms with Crippen molar-refractivity contribution in [1.29, 1.82) is 0 Å². The SMILES string of the molecule is O[13c]1[13cH][13cH][13c]2ccc3cccc4cc[13c]1[13c]2c34. The summed E-state index contributed by atoms with van der Waals surface area (Å²) in [5.41, 5.74) is 0. The maximum atomic E-state index is 9.95. The van der Waals surface area contributed by atoms with Crippen LogP contribution in [0, 0.1) is 0 Å². The summed E-state index contributed by atoms with van der Waals surface area (Å²) in [6.45, 7) is 0. The summed E-state index contributed by atoms with van der Waals surface area (Å²) in [4.78, 5) is 0. The monoisotopic (exact) mass is 224 g/mol. The second kappa shape index (κ2) is 2.89. The molecule has 0 bridgehead atoms. The molecule has 0 atom stereocenters. The summed E-state index contributed by atoms with van der Waals surface area (Å²) < 4.78 is 0. The lowest BCUT2D eigenvalue weighted by atomic mass is 10.1. The van der Waals surface area contributed by atoms with Crippen LogP contribution in [0.4, 0.5) is 0 Å². The molecule has 4 rings (SSSR count). The molecule has 0 unspecified atom stereocenters. The number of phenols is 1. The summed E-state index contributed by atoms with van der Waals surface area (Å²) in [6, 6.07) is 18.4. The zero-order valence-corrected chi connectivity index (χ0v) is 9.14. The van der Waals surface area contributed by atoms with Crippen LogP contribution in [-0.2, 0) is 0 Å². The van der Waals surface area contributed by atoms with Gasteiger partial charge in [0.1, 0.15) is 5.75 Å². The van der Waals surface area contributed by atoms with Gasteiger partial charge in [0.2, 0.25) is 0 Å². The number of rotatable bonds is 0. The van der Waals surface area contributed by atoms with Crippen molar-refractivity contribution in [2.24, 2.45) is 0 Å². The number of phenolic OH excluding ortho intramolecular Hbond substituents is 1. The van der Waals surface area contributed by atoms with Gasteiger partial charge >= 0.3 is 0 Å². The van der Waals surface area contributed by atoms with Crippen LogP contribution in [0.2, 0.25) is 0 Å². The summed E-state index contributed by atoms with van der Waals surface area (Å²) in [5, 5.41) is 16.9. The highest BCUT2D eigenvalue weighted by atomic mass is 16.3. The summed E-state index contributed by atoms with van der Waals surface area (Å²) in [5.74, 6) is 0.357. The van der Waals surface area contributed by atoms with Crippen LogP contribution in [0.1, 0.15) is 0 Å². The smallest absolute Gasteiger partial charge is 0.123 e. The Bertz CT molecular complexity index is 830. The number of aromatic hydroxyl groups is 1. The second-order valence-electron chi connectivity index (χ2n) is 4.44. The van der Waals surface area contributed by atoms with Crippen LogP contribution in [0.3, 0.4) is 0 Å². The molecule has 1 N–H and O–H groups in total. The molecule has 17 heavy (non-hydrogen) atoms. The van der Waals surface area contributed by atoms with Gasteiger partial charge < -0.3 is 5.11 Å². The fourth-order valence-corrected chi connectivity index (χ4v) is 2.72. The lowest BCUT2D eigenvalue weighted by Crippen LogP contribution is -1.83. The predicted molar refractivity (Wildman–Crippen MR) is 71.8 cm³/mol. The first-order valence-electron chi connectivity index (χ1n) is 5.70. The lowest BCUT2D eigenvalue weighted by molar-refractivity contribution is 0.482. The van der Waals surface area contributed by atoms with E-state index in [9.17, 15) is 5.11 Å². The van der Waals surface area contributed by atoms with Crippen LogP contribution in [0.15, 0.2) is 54.6 Å². The molecule has 0 aromatic heterocycles. The Kier molecular flexibility index (Phi) is 1.50. The molecule has 0 spiro atoms. The Morgan fingerprint density at radius 1 is 0.588 bits per heavy atom. The standard InChI is InChI=1S/C16H10O/c17-14-9-7-12-5-4-10-2-1-3-11-6-8-13(14)16(12)15(10)11/h1-9,17H/i7+1,9+1,12+1,13+1,14+1,16+1. The Hall–Kier alpha value is -2.28. The van der Waals surface area contributed by atoms with E-state index in [4.69, 9.17) is 0 Å². The normalized spacial score (nSPS) is 11.8. The van der Waals surface area contributed by atoms with Crippen LogP contribution < -0.4 is 0 Å². The molecular formula is C16H10O. The second-order valence-corrected chi connectivity index (χ2v) is 4.44. The topological polar surface area (TPSA) is 20.2 Å². The molecule has 0 amide bonds. The molecule has 80 valence electrons. The molecule has 1 nitrogen and oxygen atoms in total. The van der Waals surface area contributed by atoms with Crippen molar-refractivity contribution in [1.82, 2.24) is 0 Å². The molecule has 0 fully saturated rings. The fraction of sp³-hybridized carbons (Fsp3) is 0. The van der Waals surface area contributed by atoms with Crippen molar-refractivity contribution >= 4 is 32.3 Å². The first-order chi connectivity index (χ1) is 8.34. The maximum Gasteiger partial charge on any atom is 0.123 e. The van der Waals surface area contributed by atoms with Gasteiger partial charge in [-0.25, -0.2) is 0 Å². The minimum Gasteiger partial charge on any atom is -0.507 e. The van der Waals surface area contributed by atoms with E-state index in [1.165, 1.54) is 26.9 Å². The van der Waals surface area contributed by atoms with Gasteiger partial charge in [-0.1, -0.05) is 48.5 Å². The van der Waals surface area contributed by atoms with Crippen LogP contribution >= 0.6 is 0 Å². The Balaban J connectivity index is 2.48. The van der Waals surface area contributed by atoms with Gasteiger partial charge in [0.25, 0.3) is 0 Å². The van der Waals surface area contributed by atoms with Gasteiger partial charge in [-0.05, 0) is 27.6 Å². The molecule has 0 radical (unpaired) electrons. The molecule has 0 aliphatic carbocycles. The fourth-order valence-electron chi connectivity index (χ4n) is 2.72. The predicted octanol–water partition coefficient (Wildman–Crippen LogP) is 4.29. The number of hydrogen-bond donors (Lipinski definition) is 1. The van der Waals surface area contributed by atoms with E-state index in [-0.39, 0.29) is 0 Å². The van der Waals surface area contributed by atoms with Crippen molar-refractivity contribution in [3.8, 4) is 5.75 Å². The molecule has 0 saturated carbocycles. The van der Waals surface area contributed by atoms with Gasteiger partial charge in [-0.2, -0.15) is 0 Å². The van der Waals surface area contributed by atoms with Crippen molar-refractivity contribution in [3.05, 3.63) is 54.6 Å². The highest BCUT2D eigenvalue weighted by Crippen LogP contribution is 2.37. The minimum absolute atomic E-state index is 0.357. The largest absolute Gasteiger partial charge is 0.507 e. The Morgan fingerprint density at radius 2 is 1.18 bits per heavy atom. The van der Waals surface area contributed by atoms with E-state index in [2.05, 4.69) is 36.4 Å².